The Kier molecular flexibility index (Phi) is 5.97. The van der Waals surface area contributed by atoms with Gasteiger partial charge >= 0.3 is 0 Å². The molecule has 1 heterocycles. The predicted molar refractivity (Wildman–Crippen MR) is 115 cm³/mol. The van der Waals surface area contributed by atoms with E-state index in [4.69, 9.17) is 0 Å². The first-order valence-corrected chi connectivity index (χ1v) is 9.35. The smallest absolute Gasteiger partial charge is 0.269 e. The van der Waals surface area contributed by atoms with Crippen LogP contribution in [0.3, 0.4) is 0 Å². The second-order valence-electron chi connectivity index (χ2n) is 6.99. The van der Waals surface area contributed by atoms with Gasteiger partial charge in [0.25, 0.3) is 11.6 Å². The van der Waals surface area contributed by atoms with E-state index in [0.29, 0.717) is 11.1 Å². The molecule has 0 unspecified atom stereocenters. The zero-order valence-corrected chi connectivity index (χ0v) is 17.1. The minimum Gasteiger partial charge on any atom is -0.319 e. The second-order valence-corrected chi connectivity index (χ2v) is 6.99. The number of para-hydroxylation sites is 1. The number of halogens is 1. The summed E-state index contributed by atoms with van der Waals surface area (Å²) in [5.41, 5.74) is 3.49. The van der Waals surface area contributed by atoms with E-state index in [1.807, 2.05) is 30.6 Å². The zero-order valence-electron chi connectivity index (χ0n) is 17.1. The summed E-state index contributed by atoms with van der Waals surface area (Å²) in [5.74, 6) is -1.32. The van der Waals surface area contributed by atoms with Gasteiger partial charge in [0.1, 0.15) is 17.5 Å². The molecule has 0 aliphatic carbocycles. The molecule has 3 aromatic rings. The van der Waals surface area contributed by atoms with E-state index in [0.717, 1.165) is 17.1 Å². The van der Waals surface area contributed by atoms with Crippen LogP contribution < -0.4 is 5.32 Å². The van der Waals surface area contributed by atoms with Gasteiger partial charge in [0.2, 0.25) is 0 Å². The summed E-state index contributed by atoms with van der Waals surface area (Å²) in [6, 6.07) is 14.0. The van der Waals surface area contributed by atoms with Crippen LogP contribution in [0.15, 0.2) is 54.1 Å². The summed E-state index contributed by atoms with van der Waals surface area (Å²) in [4.78, 5) is 23.0. The Morgan fingerprint density at radius 2 is 1.90 bits per heavy atom. The molecule has 2 aromatic carbocycles. The maximum atomic E-state index is 13.8. The fraction of sp³-hybridized carbons (Fsp3) is 0.130. The lowest BCUT2D eigenvalue weighted by molar-refractivity contribution is -0.384. The van der Waals surface area contributed by atoms with E-state index >= 15 is 0 Å². The molecule has 1 amide bonds. The number of nitrogens with one attached hydrogen (secondary N) is 1. The van der Waals surface area contributed by atoms with E-state index in [9.17, 15) is 24.6 Å². The van der Waals surface area contributed by atoms with Crippen molar-refractivity contribution < 1.29 is 14.1 Å². The number of nitriles is 1. The molecule has 31 heavy (non-hydrogen) atoms. The number of hydrogen-bond donors (Lipinski definition) is 1. The largest absolute Gasteiger partial charge is 0.319 e. The van der Waals surface area contributed by atoms with Gasteiger partial charge < -0.3 is 9.88 Å². The Morgan fingerprint density at radius 3 is 2.52 bits per heavy atom. The van der Waals surface area contributed by atoms with Gasteiger partial charge in [-0.05, 0) is 62.2 Å². The summed E-state index contributed by atoms with van der Waals surface area (Å²) in [6.07, 6.45) is 1.44. The van der Waals surface area contributed by atoms with E-state index in [-0.39, 0.29) is 16.9 Å². The highest BCUT2D eigenvalue weighted by Gasteiger charge is 2.17. The third kappa shape index (κ3) is 4.36. The van der Waals surface area contributed by atoms with Crippen molar-refractivity contribution in [2.24, 2.45) is 0 Å². The van der Waals surface area contributed by atoms with Gasteiger partial charge in [-0.2, -0.15) is 5.26 Å². The van der Waals surface area contributed by atoms with Crippen LogP contribution in [0.5, 0.6) is 0 Å². The number of carbonyl (C=O) groups excluding carboxylic acids is 1. The number of nitro benzene ring substituents is 1. The van der Waals surface area contributed by atoms with Gasteiger partial charge in [0.15, 0.2) is 0 Å². The highest BCUT2D eigenvalue weighted by Crippen LogP contribution is 2.27. The normalized spacial score (nSPS) is 11.1. The van der Waals surface area contributed by atoms with E-state index < -0.39 is 16.6 Å². The number of hydrogen-bond acceptors (Lipinski definition) is 4. The van der Waals surface area contributed by atoms with Crippen LogP contribution in [-0.2, 0) is 4.79 Å². The third-order valence-electron chi connectivity index (χ3n) is 4.89. The molecule has 0 aliphatic heterocycles. The highest BCUT2D eigenvalue weighted by atomic mass is 19.1. The SMILES string of the molecule is Cc1cc([N+](=O)[O-])ccc1-n1c(C)cc(/C=C(\C#N)C(=O)Nc2ccccc2F)c1C. The standard InChI is InChI=1S/C23H19FN4O3/c1-14-10-19(28(30)31)8-9-22(14)27-15(2)11-17(16(27)3)12-18(13-25)23(29)26-21-7-5-4-6-20(21)24/h4-12H,1-3H3,(H,26,29)/b18-12+. The highest BCUT2D eigenvalue weighted by molar-refractivity contribution is 6.09. The number of anilines is 1. The zero-order chi connectivity index (χ0) is 22.7. The van der Waals surface area contributed by atoms with Gasteiger partial charge in [-0.15, -0.1) is 0 Å². The van der Waals surface area contributed by atoms with Crippen LogP contribution in [0.4, 0.5) is 15.8 Å². The molecule has 0 radical (unpaired) electrons. The Labute approximate surface area is 178 Å². The first kappa shape index (κ1) is 21.5. The minimum absolute atomic E-state index is 0.000383. The van der Waals surface area contributed by atoms with Crippen molar-refractivity contribution in [2.45, 2.75) is 20.8 Å². The van der Waals surface area contributed by atoms with Gasteiger partial charge in [-0.25, -0.2) is 4.39 Å². The fourth-order valence-electron chi connectivity index (χ4n) is 3.36. The van der Waals surface area contributed by atoms with Crippen molar-refractivity contribution >= 4 is 23.4 Å². The number of rotatable bonds is 5. The minimum atomic E-state index is -0.719. The number of amides is 1. The topological polar surface area (TPSA) is 101 Å². The maximum absolute atomic E-state index is 13.8. The summed E-state index contributed by atoms with van der Waals surface area (Å²) >= 11 is 0. The molecule has 1 N–H and O–H groups in total. The van der Waals surface area contributed by atoms with Crippen molar-refractivity contribution in [1.82, 2.24) is 4.57 Å². The van der Waals surface area contributed by atoms with Crippen LogP contribution in [0.2, 0.25) is 0 Å². The molecule has 8 heteroatoms. The first-order valence-electron chi connectivity index (χ1n) is 9.35. The number of nitrogens with zero attached hydrogens (tertiary/aromatic N) is 3. The Morgan fingerprint density at radius 1 is 1.19 bits per heavy atom. The number of non-ortho nitro benzene ring substituents is 1. The molecule has 1 aromatic heterocycles. The van der Waals surface area contributed by atoms with Crippen LogP contribution in [-0.4, -0.2) is 15.4 Å². The van der Waals surface area contributed by atoms with E-state index in [2.05, 4.69) is 5.32 Å². The lowest BCUT2D eigenvalue weighted by Crippen LogP contribution is -2.14. The molecule has 0 atom stereocenters. The molecule has 0 saturated carbocycles. The number of aromatic nitrogens is 1. The molecule has 7 nitrogen and oxygen atoms in total. The maximum Gasteiger partial charge on any atom is 0.269 e. The average Bonchev–Trinajstić information content (AvgIpc) is 3.00. The third-order valence-corrected chi connectivity index (χ3v) is 4.89. The second kappa shape index (κ2) is 8.63. The molecule has 0 aliphatic rings. The summed E-state index contributed by atoms with van der Waals surface area (Å²) in [5, 5.41) is 22.9. The summed E-state index contributed by atoms with van der Waals surface area (Å²) in [6.45, 7) is 5.46. The fourth-order valence-corrected chi connectivity index (χ4v) is 3.36. The summed E-state index contributed by atoms with van der Waals surface area (Å²) in [7, 11) is 0. The van der Waals surface area contributed by atoms with Gasteiger partial charge in [-0.1, -0.05) is 12.1 Å². The van der Waals surface area contributed by atoms with Gasteiger partial charge in [-0.3, -0.25) is 14.9 Å². The molecular weight excluding hydrogens is 399 g/mol. The molecule has 0 bridgehead atoms. The predicted octanol–water partition coefficient (Wildman–Crippen LogP) is 5.00. The Hall–Kier alpha value is -4.25. The Bertz CT molecular complexity index is 1270. The van der Waals surface area contributed by atoms with E-state index in [1.165, 1.54) is 36.4 Å². The number of aryl methyl sites for hydroxylation is 2. The lowest BCUT2D eigenvalue weighted by atomic mass is 10.1. The summed E-state index contributed by atoms with van der Waals surface area (Å²) < 4.78 is 15.7. The monoisotopic (exact) mass is 418 g/mol. The molecule has 0 spiro atoms. The van der Waals surface area contributed by atoms with Crippen LogP contribution in [0.1, 0.15) is 22.5 Å². The molecule has 0 fully saturated rings. The number of benzene rings is 2. The van der Waals surface area contributed by atoms with Gasteiger partial charge in [0.05, 0.1) is 10.6 Å². The van der Waals surface area contributed by atoms with Crippen molar-refractivity contribution in [3.63, 3.8) is 0 Å². The number of nitro groups is 1. The molecule has 156 valence electrons. The van der Waals surface area contributed by atoms with Crippen molar-refractivity contribution in [3.8, 4) is 11.8 Å². The first-order chi connectivity index (χ1) is 14.7. The lowest BCUT2D eigenvalue weighted by Gasteiger charge is -2.12. The molecule has 3 rings (SSSR count). The number of carbonyl (C=O) groups is 1. The van der Waals surface area contributed by atoms with Crippen LogP contribution >= 0.6 is 0 Å². The molecule has 0 saturated heterocycles. The Balaban J connectivity index is 1.98. The van der Waals surface area contributed by atoms with Crippen molar-refractivity contribution in [1.29, 1.82) is 5.26 Å². The van der Waals surface area contributed by atoms with Gasteiger partial charge in [0, 0.05) is 29.2 Å². The van der Waals surface area contributed by atoms with Crippen LogP contribution in [0, 0.1) is 48.0 Å². The quantitative estimate of drug-likeness (QED) is 0.273. The van der Waals surface area contributed by atoms with E-state index in [1.54, 1.807) is 19.1 Å². The average molecular weight is 418 g/mol. The van der Waals surface area contributed by atoms with Crippen molar-refractivity contribution in [2.75, 3.05) is 5.32 Å². The van der Waals surface area contributed by atoms with Crippen molar-refractivity contribution in [3.05, 3.63) is 92.6 Å². The molecular formula is C23H19FN4O3. The van der Waals surface area contributed by atoms with Crippen LogP contribution in [0.25, 0.3) is 11.8 Å².